The monoisotopic (exact) mass is 464 g/mol. The average Bonchev–Trinajstić information content (AvgIpc) is 3.14. The molecule has 3 rings (SSSR count). The predicted octanol–water partition coefficient (Wildman–Crippen LogP) is 3.32. The van der Waals surface area contributed by atoms with E-state index in [9.17, 15) is 13.2 Å². The Morgan fingerprint density at radius 2 is 1.94 bits per heavy atom. The largest absolute Gasteiger partial charge is 0.495 e. The van der Waals surface area contributed by atoms with Gasteiger partial charge in [0.1, 0.15) is 5.75 Å². The van der Waals surface area contributed by atoms with Crippen LogP contribution in [-0.4, -0.2) is 37.6 Å². The molecule has 164 valence electrons. The van der Waals surface area contributed by atoms with E-state index in [1.54, 1.807) is 38.1 Å². The van der Waals surface area contributed by atoms with Crippen molar-refractivity contribution >= 4 is 33.2 Å². The molecule has 0 radical (unpaired) electrons. The van der Waals surface area contributed by atoms with Crippen LogP contribution in [-0.2, 0) is 14.8 Å². The molecule has 9 nitrogen and oxygen atoms in total. The van der Waals surface area contributed by atoms with Crippen molar-refractivity contribution in [2.24, 2.45) is 0 Å². The van der Waals surface area contributed by atoms with Gasteiger partial charge in [-0.1, -0.05) is 28.9 Å². The highest BCUT2D eigenvalue weighted by atomic mass is 35.5. The summed E-state index contributed by atoms with van der Waals surface area (Å²) in [6.07, 6.45) is 0. The summed E-state index contributed by atoms with van der Waals surface area (Å²) in [5, 5.41) is 6.75. The SMILES string of the molecule is COc1ccc(NC(=O)[C@@H](C)NS(=O)(=O)c2cc(-c3noc(C)n3)ccc2C)cc1Cl. The number of sulfonamides is 1. The Balaban J connectivity index is 1.78. The van der Waals surface area contributed by atoms with Crippen molar-refractivity contribution in [2.45, 2.75) is 31.7 Å². The van der Waals surface area contributed by atoms with Gasteiger partial charge in [-0.05, 0) is 43.7 Å². The number of rotatable bonds is 7. The quantitative estimate of drug-likeness (QED) is 0.549. The zero-order valence-electron chi connectivity index (χ0n) is 17.3. The van der Waals surface area contributed by atoms with Crippen molar-refractivity contribution in [3.63, 3.8) is 0 Å². The van der Waals surface area contributed by atoms with Gasteiger partial charge < -0.3 is 14.6 Å². The van der Waals surface area contributed by atoms with Crippen molar-refractivity contribution in [1.82, 2.24) is 14.9 Å². The number of hydrogen-bond acceptors (Lipinski definition) is 7. The van der Waals surface area contributed by atoms with Crippen LogP contribution in [0, 0.1) is 13.8 Å². The molecule has 1 atom stereocenters. The molecule has 0 unspecified atom stereocenters. The minimum atomic E-state index is -4.01. The number of carbonyl (C=O) groups is 1. The Kier molecular flexibility index (Phi) is 6.63. The van der Waals surface area contributed by atoms with E-state index in [2.05, 4.69) is 20.2 Å². The van der Waals surface area contributed by atoms with Gasteiger partial charge >= 0.3 is 0 Å². The van der Waals surface area contributed by atoms with Crippen LogP contribution >= 0.6 is 11.6 Å². The van der Waals surface area contributed by atoms with Crippen LogP contribution < -0.4 is 14.8 Å². The highest BCUT2D eigenvalue weighted by molar-refractivity contribution is 7.89. The average molecular weight is 465 g/mol. The maximum Gasteiger partial charge on any atom is 0.242 e. The van der Waals surface area contributed by atoms with Gasteiger partial charge in [-0.25, -0.2) is 8.42 Å². The van der Waals surface area contributed by atoms with Crippen LogP contribution in [0.25, 0.3) is 11.4 Å². The van der Waals surface area contributed by atoms with Crippen LogP contribution in [0.2, 0.25) is 5.02 Å². The smallest absolute Gasteiger partial charge is 0.242 e. The minimum absolute atomic E-state index is 0.0135. The van der Waals surface area contributed by atoms with Crippen LogP contribution in [0.15, 0.2) is 45.8 Å². The number of hydrogen-bond donors (Lipinski definition) is 2. The first kappa shape index (κ1) is 22.7. The molecule has 0 saturated heterocycles. The number of amides is 1. The van der Waals surface area contributed by atoms with Crippen LogP contribution in [0.3, 0.4) is 0 Å². The minimum Gasteiger partial charge on any atom is -0.495 e. The van der Waals surface area contributed by atoms with Gasteiger partial charge in [-0.3, -0.25) is 4.79 Å². The number of anilines is 1. The Bertz CT molecular complexity index is 1230. The van der Waals surface area contributed by atoms with Gasteiger partial charge in [0.25, 0.3) is 0 Å². The van der Waals surface area contributed by atoms with Crippen LogP contribution in [0.4, 0.5) is 5.69 Å². The predicted molar refractivity (Wildman–Crippen MR) is 116 cm³/mol. The first-order valence-corrected chi connectivity index (χ1v) is 11.0. The van der Waals surface area contributed by atoms with E-state index in [0.717, 1.165) is 0 Å². The lowest BCUT2D eigenvalue weighted by atomic mass is 10.1. The standard InChI is InChI=1S/C20H21ClN4O5S/c1-11-5-6-14(19-22-13(3)30-24-19)9-18(11)31(27,28)25-12(2)20(26)23-15-7-8-17(29-4)16(21)10-15/h5-10,12,25H,1-4H3,(H,23,26)/t12-/m1/s1. The molecule has 11 heteroatoms. The van der Waals surface area contributed by atoms with Crippen molar-refractivity contribution in [3.8, 4) is 17.1 Å². The summed E-state index contributed by atoms with van der Waals surface area (Å²) in [7, 11) is -2.53. The van der Waals surface area contributed by atoms with E-state index < -0.39 is 22.0 Å². The normalized spacial score (nSPS) is 12.4. The second-order valence-electron chi connectivity index (χ2n) is 6.80. The highest BCUT2D eigenvalue weighted by Crippen LogP contribution is 2.27. The fourth-order valence-corrected chi connectivity index (χ4v) is 4.52. The van der Waals surface area contributed by atoms with Gasteiger partial charge in [0, 0.05) is 18.2 Å². The number of nitrogens with zero attached hydrogens (tertiary/aromatic N) is 2. The van der Waals surface area contributed by atoms with E-state index in [1.165, 1.54) is 26.2 Å². The van der Waals surface area contributed by atoms with Gasteiger partial charge in [-0.2, -0.15) is 9.71 Å². The topological polar surface area (TPSA) is 123 Å². The summed E-state index contributed by atoms with van der Waals surface area (Å²) >= 11 is 6.06. The molecule has 1 amide bonds. The van der Waals surface area contributed by atoms with Gasteiger partial charge in [-0.15, -0.1) is 0 Å². The number of nitrogens with one attached hydrogen (secondary N) is 2. The Hall–Kier alpha value is -2.95. The van der Waals surface area contributed by atoms with Gasteiger partial charge in [0.15, 0.2) is 0 Å². The lowest BCUT2D eigenvalue weighted by Gasteiger charge is -2.16. The third-order valence-corrected chi connectivity index (χ3v) is 6.39. The molecule has 0 saturated carbocycles. The number of methoxy groups -OCH3 is 1. The first-order chi connectivity index (χ1) is 14.6. The number of aromatic nitrogens is 2. The Morgan fingerprint density at radius 3 is 2.55 bits per heavy atom. The molecule has 3 aromatic rings. The Morgan fingerprint density at radius 1 is 1.19 bits per heavy atom. The molecule has 1 aromatic heterocycles. The molecule has 31 heavy (non-hydrogen) atoms. The molecule has 0 bridgehead atoms. The highest BCUT2D eigenvalue weighted by Gasteiger charge is 2.24. The number of benzene rings is 2. The maximum absolute atomic E-state index is 13.0. The van der Waals surface area contributed by atoms with Gasteiger partial charge in [0.05, 0.1) is 23.1 Å². The summed E-state index contributed by atoms with van der Waals surface area (Å²) in [5.74, 6) is 0.547. The van der Waals surface area contributed by atoms with Crippen molar-refractivity contribution in [3.05, 3.63) is 52.9 Å². The molecule has 1 heterocycles. The van der Waals surface area contributed by atoms with E-state index in [1.807, 2.05) is 0 Å². The lowest BCUT2D eigenvalue weighted by Crippen LogP contribution is -2.41. The fourth-order valence-electron chi connectivity index (χ4n) is 2.79. The summed E-state index contributed by atoms with van der Waals surface area (Å²) in [6, 6.07) is 8.44. The van der Waals surface area contributed by atoms with E-state index in [4.69, 9.17) is 20.9 Å². The van der Waals surface area contributed by atoms with E-state index in [-0.39, 0.29) is 10.7 Å². The Labute approximate surface area is 184 Å². The van der Waals surface area contributed by atoms with Crippen molar-refractivity contribution in [1.29, 1.82) is 0 Å². The third kappa shape index (κ3) is 5.22. The van der Waals surface area contributed by atoms with Crippen LogP contribution in [0.1, 0.15) is 18.4 Å². The fraction of sp³-hybridized carbons (Fsp3) is 0.250. The first-order valence-electron chi connectivity index (χ1n) is 9.19. The van der Waals surface area contributed by atoms with E-state index >= 15 is 0 Å². The second kappa shape index (κ2) is 9.04. The summed E-state index contributed by atoms with van der Waals surface area (Å²) < 4.78 is 38.3. The summed E-state index contributed by atoms with van der Waals surface area (Å²) in [4.78, 5) is 16.6. The second-order valence-corrected chi connectivity index (χ2v) is 8.89. The summed E-state index contributed by atoms with van der Waals surface area (Å²) in [5.41, 5.74) is 1.39. The van der Waals surface area contributed by atoms with E-state index in [0.29, 0.717) is 33.5 Å². The molecule has 0 aliphatic carbocycles. The molecule has 0 fully saturated rings. The van der Waals surface area contributed by atoms with Crippen LogP contribution in [0.5, 0.6) is 5.75 Å². The number of ether oxygens (including phenoxy) is 1. The molecule has 2 aromatic carbocycles. The number of aryl methyl sites for hydroxylation is 2. The zero-order valence-corrected chi connectivity index (χ0v) is 18.8. The van der Waals surface area contributed by atoms with Gasteiger partial charge in [0.2, 0.25) is 27.6 Å². The molecular weight excluding hydrogens is 444 g/mol. The summed E-state index contributed by atoms with van der Waals surface area (Å²) in [6.45, 7) is 4.74. The molecule has 0 aliphatic rings. The molecular formula is C20H21ClN4O5S. The third-order valence-electron chi connectivity index (χ3n) is 4.41. The number of carbonyl (C=O) groups excluding carboxylic acids is 1. The molecule has 0 spiro atoms. The van der Waals surface area contributed by atoms with Crippen molar-refractivity contribution < 1.29 is 22.5 Å². The molecule has 0 aliphatic heterocycles. The van der Waals surface area contributed by atoms with Crippen molar-refractivity contribution in [2.75, 3.05) is 12.4 Å². The zero-order chi connectivity index (χ0) is 22.8. The molecule has 2 N–H and O–H groups in total. The number of halogens is 1. The maximum atomic E-state index is 13.0. The lowest BCUT2D eigenvalue weighted by molar-refractivity contribution is -0.117.